The summed E-state index contributed by atoms with van der Waals surface area (Å²) in [6.07, 6.45) is 10.5. The van der Waals surface area contributed by atoms with Crippen LogP contribution in [0.5, 0.6) is 0 Å². The Kier molecular flexibility index (Phi) is 2.64. The Hall–Kier alpha value is -0.0400. The first kappa shape index (κ1) is 9.51. The molecule has 2 rings (SSSR count). The van der Waals surface area contributed by atoms with Crippen molar-refractivity contribution >= 4 is 0 Å². The maximum absolute atomic E-state index is 9.76. The van der Waals surface area contributed by atoms with Crippen LogP contribution in [0.2, 0.25) is 0 Å². The molecule has 2 aliphatic rings. The highest BCUT2D eigenvalue weighted by molar-refractivity contribution is 4.87. The SMILES string of the molecule is CC1(CC2CCCC2O)CCCC1. The number of aliphatic hydroxyl groups is 1. The van der Waals surface area contributed by atoms with Crippen LogP contribution in [-0.2, 0) is 0 Å². The molecule has 0 aliphatic heterocycles. The van der Waals surface area contributed by atoms with E-state index < -0.39 is 0 Å². The summed E-state index contributed by atoms with van der Waals surface area (Å²) in [6.45, 7) is 2.42. The van der Waals surface area contributed by atoms with Crippen LogP contribution in [0.15, 0.2) is 0 Å². The molecule has 0 amide bonds. The van der Waals surface area contributed by atoms with Crippen molar-refractivity contribution in [3.63, 3.8) is 0 Å². The van der Waals surface area contributed by atoms with Crippen molar-refractivity contribution in [2.24, 2.45) is 11.3 Å². The summed E-state index contributed by atoms with van der Waals surface area (Å²) in [7, 11) is 0. The van der Waals surface area contributed by atoms with Crippen LogP contribution >= 0.6 is 0 Å². The fourth-order valence-electron chi connectivity index (χ4n) is 3.32. The number of aliphatic hydroxyl groups excluding tert-OH is 1. The molecule has 0 aromatic heterocycles. The number of hydrogen-bond acceptors (Lipinski definition) is 1. The Morgan fingerprint density at radius 1 is 1.15 bits per heavy atom. The van der Waals surface area contributed by atoms with E-state index in [0.717, 1.165) is 6.42 Å². The topological polar surface area (TPSA) is 20.2 Å². The van der Waals surface area contributed by atoms with Crippen LogP contribution < -0.4 is 0 Å². The molecule has 0 radical (unpaired) electrons. The molecule has 76 valence electrons. The number of hydrogen-bond donors (Lipinski definition) is 1. The first-order valence-corrected chi connectivity index (χ1v) is 5.88. The van der Waals surface area contributed by atoms with Crippen molar-refractivity contribution < 1.29 is 5.11 Å². The second kappa shape index (κ2) is 3.61. The van der Waals surface area contributed by atoms with Crippen molar-refractivity contribution in [3.8, 4) is 0 Å². The average molecular weight is 182 g/mol. The smallest absolute Gasteiger partial charge is 0.0568 e. The van der Waals surface area contributed by atoms with E-state index >= 15 is 0 Å². The molecule has 0 aromatic carbocycles. The van der Waals surface area contributed by atoms with E-state index in [1.807, 2.05) is 0 Å². The maximum Gasteiger partial charge on any atom is 0.0568 e. The van der Waals surface area contributed by atoms with Gasteiger partial charge in [0.15, 0.2) is 0 Å². The predicted molar refractivity (Wildman–Crippen MR) is 54.5 cm³/mol. The van der Waals surface area contributed by atoms with Crippen LogP contribution in [0, 0.1) is 11.3 Å². The fourth-order valence-corrected chi connectivity index (χ4v) is 3.32. The quantitative estimate of drug-likeness (QED) is 0.695. The van der Waals surface area contributed by atoms with Crippen LogP contribution in [0.25, 0.3) is 0 Å². The maximum atomic E-state index is 9.76. The molecular weight excluding hydrogens is 160 g/mol. The minimum Gasteiger partial charge on any atom is -0.393 e. The summed E-state index contributed by atoms with van der Waals surface area (Å²) in [5.74, 6) is 0.628. The Morgan fingerprint density at radius 3 is 2.38 bits per heavy atom. The molecule has 2 fully saturated rings. The second-order valence-corrected chi connectivity index (χ2v) is 5.48. The highest BCUT2D eigenvalue weighted by atomic mass is 16.3. The molecule has 2 saturated carbocycles. The van der Waals surface area contributed by atoms with Crippen molar-refractivity contribution in [1.82, 2.24) is 0 Å². The van der Waals surface area contributed by atoms with Crippen molar-refractivity contribution in [1.29, 1.82) is 0 Å². The lowest BCUT2D eigenvalue weighted by atomic mass is 9.78. The Balaban J connectivity index is 1.88. The van der Waals surface area contributed by atoms with Crippen LogP contribution in [-0.4, -0.2) is 11.2 Å². The molecule has 0 heterocycles. The third kappa shape index (κ3) is 2.07. The molecule has 1 nitrogen and oxygen atoms in total. The van der Waals surface area contributed by atoms with Gasteiger partial charge in [-0.05, 0) is 43.4 Å². The van der Waals surface area contributed by atoms with Crippen molar-refractivity contribution in [2.45, 2.75) is 64.4 Å². The van der Waals surface area contributed by atoms with Gasteiger partial charge < -0.3 is 5.11 Å². The van der Waals surface area contributed by atoms with Crippen LogP contribution in [0.1, 0.15) is 58.3 Å². The van der Waals surface area contributed by atoms with E-state index in [2.05, 4.69) is 6.92 Å². The van der Waals surface area contributed by atoms with Crippen LogP contribution in [0.4, 0.5) is 0 Å². The first-order valence-electron chi connectivity index (χ1n) is 5.88. The van der Waals surface area contributed by atoms with E-state index in [-0.39, 0.29) is 6.10 Å². The zero-order chi connectivity index (χ0) is 9.31. The Bertz CT molecular complexity index is 170. The summed E-state index contributed by atoms with van der Waals surface area (Å²) >= 11 is 0. The third-order valence-corrected chi connectivity index (χ3v) is 4.18. The van der Waals surface area contributed by atoms with E-state index in [1.54, 1.807) is 0 Å². The van der Waals surface area contributed by atoms with Gasteiger partial charge in [0.1, 0.15) is 0 Å². The Labute approximate surface area is 81.5 Å². The van der Waals surface area contributed by atoms with Crippen LogP contribution in [0.3, 0.4) is 0 Å². The highest BCUT2D eigenvalue weighted by Crippen LogP contribution is 2.45. The molecule has 0 saturated heterocycles. The molecule has 2 aliphatic carbocycles. The molecule has 13 heavy (non-hydrogen) atoms. The van der Waals surface area contributed by atoms with Gasteiger partial charge in [0.25, 0.3) is 0 Å². The molecule has 0 aromatic rings. The molecular formula is C12H22O. The minimum absolute atomic E-state index is 0.0254. The molecule has 0 spiro atoms. The summed E-state index contributed by atoms with van der Waals surface area (Å²) in [4.78, 5) is 0. The van der Waals surface area contributed by atoms with Gasteiger partial charge in [-0.3, -0.25) is 0 Å². The summed E-state index contributed by atoms with van der Waals surface area (Å²) < 4.78 is 0. The van der Waals surface area contributed by atoms with Gasteiger partial charge in [0, 0.05) is 0 Å². The van der Waals surface area contributed by atoms with Gasteiger partial charge in [-0.15, -0.1) is 0 Å². The monoisotopic (exact) mass is 182 g/mol. The normalized spacial score (nSPS) is 38.3. The van der Waals surface area contributed by atoms with Gasteiger partial charge >= 0.3 is 0 Å². The van der Waals surface area contributed by atoms with E-state index in [0.29, 0.717) is 11.3 Å². The van der Waals surface area contributed by atoms with Gasteiger partial charge in [-0.1, -0.05) is 26.2 Å². The lowest BCUT2D eigenvalue weighted by Gasteiger charge is -2.28. The van der Waals surface area contributed by atoms with Gasteiger partial charge in [0.05, 0.1) is 6.10 Å². The zero-order valence-electron chi connectivity index (χ0n) is 8.76. The lowest BCUT2D eigenvalue weighted by Crippen LogP contribution is -2.22. The average Bonchev–Trinajstić information content (AvgIpc) is 2.64. The third-order valence-electron chi connectivity index (χ3n) is 4.18. The molecule has 1 heteroatoms. The van der Waals surface area contributed by atoms with Crippen molar-refractivity contribution in [3.05, 3.63) is 0 Å². The summed E-state index contributed by atoms with van der Waals surface area (Å²) in [5.41, 5.74) is 0.579. The Morgan fingerprint density at radius 2 is 1.85 bits per heavy atom. The molecule has 1 N–H and O–H groups in total. The standard InChI is InChI=1S/C12H22O/c1-12(7-2-3-8-12)9-10-5-4-6-11(10)13/h10-11,13H,2-9H2,1H3. The van der Waals surface area contributed by atoms with E-state index in [1.165, 1.54) is 44.9 Å². The van der Waals surface area contributed by atoms with Crippen molar-refractivity contribution in [2.75, 3.05) is 0 Å². The summed E-state index contributed by atoms with van der Waals surface area (Å²) in [5, 5.41) is 9.76. The minimum atomic E-state index is 0.0254. The highest BCUT2D eigenvalue weighted by Gasteiger charge is 2.35. The predicted octanol–water partition coefficient (Wildman–Crippen LogP) is 3.12. The van der Waals surface area contributed by atoms with E-state index in [9.17, 15) is 5.11 Å². The zero-order valence-corrected chi connectivity index (χ0v) is 8.76. The van der Waals surface area contributed by atoms with Gasteiger partial charge in [-0.2, -0.15) is 0 Å². The first-order chi connectivity index (χ1) is 6.20. The van der Waals surface area contributed by atoms with E-state index in [4.69, 9.17) is 0 Å². The molecule has 2 unspecified atom stereocenters. The molecule has 2 atom stereocenters. The second-order valence-electron chi connectivity index (χ2n) is 5.48. The fraction of sp³-hybridized carbons (Fsp3) is 1.00. The lowest BCUT2D eigenvalue weighted by molar-refractivity contribution is 0.0984. The largest absolute Gasteiger partial charge is 0.393 e. The van der Waals surface area contributed by atoms with Gasteiger partial charge in [-0.25, -0.2) is 0 Å². The summed E-state index contributed by atoms with van der Waals surface area (Å²) in [6, 6.07) is 0. The molecule has 0 bridgehead atoms. The van der Waals surface area contributed by atoms with Gasteiger partial charge in [0.2, 0.25) is 0 Å². The number of rotatable bonds is 2.